The molecule has 1 atom stereocenters. The molecule has 4 heterocycles. The Morgan fingerprint density at radius 3 is 3.00 bits per heavy atom. The predicted octanol–water partition coefficient (Wildman–Crippen LogP) is 3.13. The van der Waals surface area contributed by atoms with Gasteiger partial charge in [0.15, 0.2) is 0 Å². The average molecular weight is 314 g/mol. The van der Waals surface area contributed by atoms with Gasteiger partial charge in [-0.2, -0.15) is 5.10 Å². The van der Waals surface area contributed by atoms with Gasteiger partial charge in [0.25, 0.3) is 5.91 Å². The number of nitrogens with one attached hydrogen (secondary N) is 1. The van der Waals surface area contributed by atoms with Crippen molar-refractivity contribution in [2.45, 2.75) is 26.3 Å². The highest BCUT2D eigenvalue weighted by molar-refractivity contribution is 7.17. The molecule has 0 aliphatic carbocycles. The van der Waals surface area contributed by atoms with E-state index in [-0.39, 0.29) is 11.9 Å². The van der Waals surface area contributed by atoms with Crippen molar-refractivity contribution in [3.05, 3.63) is 40.7 Å². The molecule has 0 radical (unpaired) electrons. The second-order valence-electron chi connectivity index (χ2n) is 5.95. The van der Waals surface area contributed by atoms with Crippen LogP contribution in [0, 0.1) is 13.8 Å². The van der Waals surface area contributed by atoms with Gasteiger partial charge in [0, 0.05) is 18.8 Å². The van der Waals surface area contributed by atoms with Gasteiger partial charge in [-0.1, -0.05) is 0 Å². The summed E-state index contributed by atoms with van der Waals surface area (Å²) in [5.74, 6) is 0.0902. The number of carbonyl (C=O) groups is 1. The van der Waals surface area contributed by atoms with Gasteiger partial charge in [0.05, 0.1) is 22.0 Å². The van der Waals surface area contributed by atoms with E-state index in [4.69, 9.17) is 0 Å². The van der Waals surface area contributed by atoms with Crippen LogP contribution in [0.4, 0.5) is 0 Å². The summed E-state index contributed by atoms with van der Waals surface area (Å²) in [6.45, 7) is 5.60. The van der Waals surface area contributed by atoms with Crippen LogP contribution in [0.25, 0.3) is 10.2 Å². The molecule has 1 amide bonds. The number of aromatic nitrogens is 3. The fourth-order valence-electron chi connectivity index (χ4n) is 3.28. The maximum Gasteiger partial charge on any atom is 0.270 e. The molecule has 0 unspecified atom stereocenters. The zero-order valence-corrected chi connectivity index (χ0v) is 13.5. The Hall–Kier alpha value is -2.08. The quantitative estimate of drug-likeness (QED) is 0.790. The minimum Gasteiger partial charge on any atom is -0.350 e. The van der Waals surface area contributed by atoms with Gasteiger partial charge < -0.3 is 9.88 Å². The Morgan fingerprint density at radius 1 is 1.41 bits per heavy atom. The van der Waals surface area contributed by atoms with Crippen molar-refractivity contribution in [2.75, 3.05) is 13.1 Å². The molecule has 1 saturated heterocycles. The maximum absolute atomic E-state index is 12.7. The minimum absolute atomic E-state index is 0.0902. The normalized spacial score (nSPS) is 18.5. The number of aryl methyl sites for hydroxylation is 2. The molecule has 0 aromatic carbocycles. The highest BCUT2D eigenvalue weighted by Crippen LogP contribution is 2.26. The summed E-state index contributed by atoms with van der Waals surface area (Å²) in [6.07, 6.45) is 0.961. The summed E-state index contributed by atoms with van der Waals surface area (Å²) in [7, 11) is 0. The van der Waals surface area contributed by atoms with E-state index in [2.05, 4.69) is 27.8 Å². The van der Waals surface area contributed by atoms with Crippen LogP contribution in [-0.4, -0.2) is 38.7 Å². The SMILES string of the molecule is Cc1cc(C)n([C@H]2CCN(C(=O)c3cc4sccc4[nH]3)C2)n1. The Bertz CT molecular complexity index is 815. The number of amides is 1. The van der Waals surface area contributed by atoms with Gasteiger partial charge in [0.1, 0.15) is 5.69 Å². The first-order valence-corrected chi connectivity index (χ1v) is 8.38. The first-order chi connectivity index (χ1) is 10.6. The highest BCUT2D eigenvalue weighted by atomic mass is 32.1. The van der Waals surface area contributed by atoms with Crippen LogP contribution in [-0.2, 0) is 0 Å². The van der Waals surface area contributed by atoms with Gasteiger partial charge in [-0.25, -0.2) is 0 Å². The lowest BCUT2D eigenvalue weighted by Gasteiger charge is -2.16. The smallest absolute Gasteiger partial charge is 0.270 e. The number of hydrogen-bond donors (Lipinski definition) is 1. The number of thiophene rings is 1. The summed E-state index contributed by atoms with van der Waals surface area (Å²) in [5.41, 5.74) is 3.93. The molecule has 0 bridgehead atoms. The summed E-state index contributed by atoms with van der Waals surface area (Å²) < 4.78 is 3.20. The molecule has 22 heavy (non-hydrogen) atoms. The lowest BCUT2D eigenvalue weighted by Crippen LogP contribution is -2.29. The second kappa shape index (κ2) is 4.98. The minimum atomic E-state index is 0.0902. The van der Waals surface area contributed by atoms with Crippen LogP contribution in [0.15, 0.2) is 23.6 Å². The van der Waals surface area contributed by atoms with E-state index in [1.165, 1.54) is 0 Å². The third-order valence-corrected chi connectivity index (χ3v) is 5.18. The number of likely N-dealkylation sites (tertiary alicyclic amines) is 1. The average Bonchev–Trinajstić information content (AvgIpc) is 3.19. The number of rotatable bonds is 2. The second-order valence-corrected chi connectivity index (χ2v) is 6.89. The van der Waals surface area contributed by atoms with Crippen LogP contribution >= 0.6 is 11.3 Å². The first kappa shape index (κ1) is 13.6. The Kier molecular flexibility index (Phi) is 3.07. The van der Waals surface area contributed by atoms with E-state index in [1.807, 2.05) is 29.3 Å². The predicted molar refractivity (Wildman–Crippen MR) is 87.4 cm³/mol. The molecular formula is C16H18N4OS. The summed E-state index contributed by atoms with van der Waals surface area (Å²) in [4.78, 5) is 17.8. The molecule has 3 aromatic heterocycles. The zero-order valence-electron chi connectivity index (χ0n) is 12.7. The van der Waals surface area contributed by atoms with Crippen LogP contribution in [0.1, 0.15) is 34.3 Å². The molecule has 0 spiro atoms. The summed E-state index contributed by atoms with van der Waals surface area (Å²) in [6, 6.07) is 6.34. The van der Waals surface area contributed by atoms with Crippen molar-refractivity contribution in [1.29, 1.82) is 0 Å². The van der Waals surface area contributed by atoms with Crippen molar-refractivity contribution in [3.63, 3.8) is 0 Å². The van der Waals surface area contributed by atoms with Crippen LogP contribution < -0.4 is 0 Å². The fraction of sp³-hybridized carbons (Fsp3) is 0.375. The molecule has 0 saturated carbocycles. The molecule has 1 fully saturated rings. The van der Waals surface area contributed by atoms with Crippen molar-refractivity contribution in [1.82, 2.24) is 19.7 Å². The van der Waals surface area contributed by atoms with Crippen molar-refractivity contribution in [3.8, 4) is 0 Å². The molecule has 1 N–H and O–H groups in total. The van der Waals surface area contributed by atoms with Crippen molar-refractivity contribution in [2.24, 2.45) is 0 Å². The zero-order chi connectivity index (χ0) is 15.3. The first-order valence-electron chi connectivity index (χ1n) is 7.50. The van der Waals surface area contributed by atoms with Gasteiger partial charge in [0.2, 0.25) is 0 Å². The number of H-pyrrole nitrogens is 1. The Balaban J connectivity index is 1.53. The van der Waals surface area contributed by atoms with E-state index in [9.17, 15) is 4.79 Å². The number of aromatic amines is 1. The van der Waals surface area contributed by atoms with Gasteiger partial charge >= 0.3 is 0 Å². The Morgan fingerprint density at radius 2 is 2.27 bits per heavy atom. The maximum atomic E-state index is 12.7. The largest absolute Gasteiger partial charge is 0.350 e. The number of carbonyl (C=O) groups excluding carboxylic acids is 1. The molecule has 5 nitrogen and oxygen atoms in total. The fourth-order valence-corrected chi connectivity index (χ4v) is 4.06. The summed E-state index contributed by atoms with van der Waals surface area (Å²) in [5, 5.41) is 6.59. The van der Waals surface area contributed by atoms with Crippen LogP contribution in [0.3, 0.4) is 0 Å². The lowest BCUT2D eigenvalue weighted by atomic mass is 10.2. The number of hydrogen-bond acceptors (Lipinski definition) is 3. The van der Waals surface area contributed by atoms with E-state index in [0.29, 0.717) is 5.69 Å². The molecule has 3 aromatic rings. The molecule has 114 valence electrons. The van der Waals surface area contributed by atoms with Gasteiger partial charge in [-0.15, -0.1) is 11.3 Å². The third kappa shape index (κ3) is 2.14. The third-order valence-electron chi connectivity index (χ3n) is 4.31. The van der Waals surface area contributed by atoms with Crippen molar-refractivity contribution >= 4 is 27.5 Å². The van der Waals surface area contributed by atoms with Crippen LogP contribution in [0.2, 0.25) is 0 Å². The molecule has 1 aliphatic rings. The van der Waals surface area contributed by atoms with Gasteiger partial charge in [-0.3, -0.25) is 9.48 Å². The van der Waals surface area contributed by atoms with E-state index < -0.39 is 0 Å². The standard InChI is InChI=1S/C16H18N4OS/c1-10-7-11(2)20(18-10)12-3-5-19(9-12)16(21)14-8-15-13(17-14)4-6-22-15/h4,6-8,12,17H,3,5,9H2,1-2H3/t12-/m0/s1. The van der Waals surface area contributed by atoms with Crippen LogP contribution in [0.5, 0.6) is 0 Å². The summed E-state index contributed by atoms with van der Waals surface area (Å²) >= 11 is 1.65. The molecule has 1 aliphatic heterocycles. The highest BCUT2D eigenvalue weighted by Gasteiger charge is 2.30. The number of nitrogens with zero attached hydrogens (tertiary/aromatic N) is 3. The number of fused-ring (bicyclic) bond motifs is 1. The Labute approximate surface area is 132 Å². The van der Waals surface area contributed by atoms with Gasteiger partial charge in [-0.05, 0) is 43.8 Å². The molecular weight excluding hydrogens is 296 g/mol. The van der Waals surface area contributed by atoms with E-state index in [0.717, 1.165) is 41.1 Å². The molecule has 4 rings (SSSR count). The van der Waals surface area contributed by atoms with E-state index in [1.54, 1.807) is 11.3 Å². The topological polar surface area (TPSA) is 53.9 Å². The van der Waals surface area contributed by atoms with E-state index >= 15 is 0 Å². The van der Waals surface area contributed by atoms with Crippen molar-refractivity contribution < 1.29 is 4.79 Å². The molecule has 6 heteroatoms. The lowest BCUT2D eigenvalue weighted by molar-refractivity contribution is 0.0782. The monoisotopic (exact) mass is 314 g/mol.